The van der Waals surface area contributed by atoms with Gasteiger partial charge in [-0.3, -0.25) is 9.59 Å². The number of allylic oxidation sites excluding steroid dienone is 5. The minimum Gasteiger partial charge on any atom is -0.506 e. The molecule has 4 N–H and O–H groups in total. The lowest BCUT2D eigenvalue weighted by Crippen LogP contribution is -2.23. The van der Waals surface area contributed by atoms with Gasteiger partial charge in [-0.2, -0.15) is 5.10 Å². The molecule has 0 unspecified atom stereocenters. The van der Waals surface area contributed by atoms with Gasteiger partial charge in [0.25, 0.3) is 0 Å². The minimum absolute atomic E-state index is 0.0132. The molecule has 1 aliphatic rings. The highest BCUT2D eigenvalue weighted by Crippen LogP contribution is 2.35. The quantitative estimate of drug-likeness (QED) is 0.0908. The van der Waals surface area contributed by atoms with E-state index in [-0.39, 0.29) is 41.1 Å². The number of ether oxygens (including phenoxy) is 1. The van der Waals surface area contributed by atoms with Crippen LogP contribution in [0.25, 0.3) is 16.6 Å². The number of carbonyl (C=O) groups is 2. The first-order valence-corrected chi connectivity index (χ1v) is 13.0. The first-order valence-electron chi connectivity index (χ1n) is 13.0. The van der Waals surface area contributed by atoms with Gasteiger partial charge in [-0.1, -0.05) is 19.2 Å². The number of hydrogen-bond donors (Lipinski definition) is 3. The van der Waals surface area contributed by atoms with E-state index in [1.807, 2.05) is 0 Å². The maximum Gasteiger partial charge on any atom is 0.227 e. The van der Waals surface area contributed by atoms with Gasteiger partial charge in [-0.25, -0.2) is 18.5 Å². The van der Waals surface area contributed by atoms with Crippen molar-refractivity contribution in [2.24, 2.45) is 4.99 Å². The molecule has 0 saturated carbocycles. The third-order valence-electron chi connectivity index (χ3n) is 6.46. The summed E-state index contributed by atoms with van der Waals surface area (Å²) in [6.07, 6.45) is 7.51. The monoisotopic (exact) mass is 576 g/mol. The highest BCUT2D eigenvalue weighted by atomic mass is 19.1. The van der Waals surface area contributed by atoms with E-state index in [1.54, 1.807) is 43.0 Å². The van der Waals surface area contributed by atoms with Crippen LogP contribution in [0, 0.1) is 0 Å². The van der Waals surface area contributed by atoms with E-state index < -0.39 is 17.4 Å². The highest BCUT2D eigenvalue weighted by Gasteiger charge is 2.25. The number of benzene rings is 1. The van der Waals surface area contributed by atoms with Crippen molar-refractivity contribution in [1.29, 1.82) is 0 Å². The van der Waals surface area contributed by atoms with Crippen molar-refractivity contribution in [3.05, 3.63) is 90.7 Å². The molecular formula is C30H30F2N6O4. The first-order chi connectivity index (χ1) is 20.0. The number of aliphatic imine (C=N–C) groups is 1. The van der Waals surface area contributed by atoms with E-state index in [9.17, 15) is 23.5 Å². The van der Waals surface area contributed by atoms with Gasteiger partial charge in [-0.05, 0) is 50.6 Å². The van der Waals surface area contributed by atoms with Crippen molar-refractivity contribution in [2.45, 2.75) is 33.1 Å². The van der Waals surface area contributed by atoms with E-state index in [4.69, 9.17) is 10.5 Å². The Labute approximate surface area is 240 Å². The van der Waals surface area contributed by atoms with Crippen LogP contribution in [0.1, 0.15) is 42.7 Å². The predicted molar refractivity (Wildman–Crippen MR) is 158 cm³/mol. The molecule has 1 fully saturated rings. The SMILES string of the molecule is C=C/C(F)=C(/OC(/C=C/C)=N/C=C(\C)n1ncc(C(=O)Cc2cc3cc(O)c(N4CCCC4=O)cc3[nH]2)c1N)C(=C)F. The Morgan fingerprint density at radius 1 is 1.33 bits per heavy atom. The van der Waals surface area contributed by atoms with Crippen molar-refractivity contribution in [2.75, 3.05) is 17.2 Å². The van der Waals surface area contributed by atoms with E-state index >= 15 is 0 Å². The topological polar surface area (TPSA) is 139 Å². The summed E-state index contributed by atoms with van der Waals surface area (Å²) >= 11 is 0. The van der Waals surface area contributed by atoms with Gasteiger partial charge >= 0.3 is 0 Å². The average molecular weight is 577 g/mol. The largest absolute Gasteiger partial charge is 0.506 e. The molecule has 1 aromatic carbocycles. The molecule has 1 saturated heterocycles. The normalized spacial score (nSPS) is 15.0. The Hall–Kier alpha value is -5.26. The number of H-pyrrole nitrogens is 1. The Morgan fingerprint density at radius 2 is 2.10 bits per heavy atom. The van der Waals surface area contributed by atoms with E-state index in [0.717, 1.165) is 12.5 Å². The molecule has 10 nitrogen and oxygen atoms in total. The van der Waals surface area contributed by atoms with Crippen molar-refractivity contribution in [3.63, 3.8) is 0 Å². The number of amides is 1. The number of phenolic OH excluding ortho intramolecular Hbond substituents is 1. The zero-order valence-electron chi connectivity index (χ0n) is 23.2. The lowest BCUT2D eigenvalue weighted by Gasteiger charge is -2.17. The molecule has 218 valence electrons. The lowest BCUT2D eigenvalue weighted by atomic mass is 10.1. The van der Waals surface area contributed by atoms with E-state index in [0.29, 0.717) is 40.9 Å². The zero-order chi connectivity index (χ0) is 30.6. The fourth-order valence-electron chi connectivity index (χ4n) is 4.44. The van der Waals surface area contributed by atoms with Crippen LogP contribution in [0.5, 0.6) is 5.75 Å². The standard InChI is InChI=1S/C30H30F2N6O4/c1-5-8-27(42-29(18(4)31)22(32)6-2)34-15-17(3)38-30(33)21(16-35-38)25(39)13-20-11-19-12-26(40)24(14-23(19)36-20)37-10-7-9-28(37)41/h5-6,8,11-12,14-16,36,40H,2,4,7,9-10,13,33H2,1,3H3/b8-5+,17-15+,29-22-,34-27+. The Bertz CT molecular complexity index is 1710. The molecule has 12 heteroatoms. The van der Waals surface area contributed by atoms with Crippen LogP contribution in [0.15, 0.2) is 84.4 Å². The van der Waals surface area contributed by atoms with Gasteiger partial charge in [0.1, 0.15) is 11.6 Å². The van der Waals surface area contributed by atoms with Crippen molar-refractivity contribution in [3.8, 4) is 5.75 Å². The molecule has 0 bridgehead atoms. The van der Waals surface area contributed by atoms with Crippen molar-refractivity contribution in [1.82, 2.24) is 14.8 Å². The molecular weight excluding hydrogens is 546 g/mol. The Kier molecular flexibility index (Phi) is 8.84. The van der Waals surface area contributed by atoms with Crippen LogP contribution in [0.3, 0.4) is 0 Å². The van der Waals surface area contributed by atoms with E-state index in [2.05, 4.69) is 28.2 Å². The summed E-state index contributed by atoms with van der Waals surface area (Å²) in [6.45, 7) is 10.1. The highest BCUT2D eigenvalue weighted by molar-refractivity contribution is 6.03. The molecule has 1 aliphatic heterocycles. The first kappa shape index (κ1) is 29.7. The van der Waals surface area contributed by atoms with Gasteiger partial charge in [0.2, 0.25) is 11.8 Å². The number of ketones is 1. The van der Waals surface area contributed by atoms with Crippen LogP contribution in [0.2, 0.25) is 0 Å². The molecule has 0 atom stereocenters. The maximum absolute atomic E-state index is 13.9. The van der Waals surface area contributed by atoms with Crippen LogP contribution < -0.4 is 10.6 Å². The van der Waals surface area contributed by atoms with Crippen LogP contribution in [0.4, 0.5) is 20.3 Å². The van der Waals surface area contributed by atoms with Crippen molar-refractivity contribution >= 4 is 45.7 Å². The average Bonchev–Trinajstić information content (AvgIpc) is 3.66. The number of hydrogen-bond acceptors (Lipinski definition) is 7. The number of carbonyl (C=O) groups excluding carboxylic acids is 2. The fraction of sp³-hybridized carbons (Fsp3) is 0.200. The number of aromatic nitrogens is 3. The molecule has 0 aliphatic carbocycles. The number of anilines is 2. The second-order valence-electron chi connectivity index (χ2n) is 9.45. The molecule has 3 heterocycles. The lowest BCUT2D eigenvalue weighted by molar-refractivity contribution is -0.117. The third-order valence-corrected chi connectivity index (χ3v) is 6.46. The van der Waals surface area contributed by atoms with Crippen LogP contribution in [-0.2, 0) is 16.0 Å². The number of nitrogens with one attached hydrogen (secondary N) is 1. The van der Waals surface area contributed by atoms with Gasteiger partial charge in [0, 0.05) is 29.6 Å². The molecule has 4 rings (SSSR count). The molecule has 3 aromatic rings. The number of fused-ring (bicyclic) bond motifs is 1. The number of halogens is 2. The summed E-state index contributed by atoms with van der Waals surface area (Å²) in [5, 5.41) is 15.4. The number of rotatable bonds is 10. The number of nitrogen functional groups attached to an aromatic ring is 1. The van der Waals surface area contributed by atoms with Gasteiger partial charge in [0.05, 0.1) is 35.8 Å². The Morgan fingerprint density at radius 3 is 2.74 bits per heavy atom. The Balaban J connectivity index is 1.54. The molecule has 0 radical (unpaired) electrons. The summed E-state index contributed by atoms with van der Waals surface area (Å²) in [5.74, 6) is -3.40. The molecule has 2 aromatic heterocycles. The third kappa shape index (κ3) is 6.22. The maximum atomic E-state index is 13.9. The summed E-state index contributed by atoms with van der Waals surface area (Å²) in [4.78, 5) is 34.1. The fourth-order valence-corrected chi connectivity index (χ4v) is 4.44. The number of nitrogens with two attached hydrogens (primary N) is 1. The van der Waals surface area contributed by atoms with Gasteiger partial charge in [0.15, 0.2) is 23.2 Å². The predicted octanol–water partition coefficient (Wildman–Crippen LogP) is 5.86. The minimum atomic E-state index is -1.14. The van der Waals surface area contributed by atoms with Crippen LogP contribution >= 0.6 is 0 Å². The number of phenols is 1. The van der Waals surface area contributed by atoms with Crippen LogP contribution in [-0.4, -0.2) is 44.0 Å². The summed E-state index contributed by atoms with van der Waals surface area (Å²) < 4.78 is 34.1. The molecule has 1 amide bonds. The number of nitrogens with zero attached hydrogens (tertiary/aromatic N) is 4. The second-order valence-corrected chi connectivity index (χ2v) is 9.45. The zero-order valence-corrected chi connectivity index (χ0v) is 23.2. The number of aromatic hydroxyl groups is 1. The summed E-state index contributed by atoms with van der Waals surface area (Å²) in [6, 6.07) is 5.00. The summed E-state index contributed by atoms with van der Waals surface area (Å²) in [7, 11) is 0. The number of Topliss-reactive ketones (excluding diaryl/α,β-unsaturated/α-hetero) is 1. The van der Waals surface area contributed by atoms with E-state index in [1.165, 1.54) is 23.2 Å². The van der Waals surface area contributed by atoms with Gasteiger partial charge < -0.3 is 25.5 Å². The molecule has 0 spiro atoms. The smallest absolute Gasteiger partial charge is 0.227 e. The summed E-state index contributed by atoms with van der Waals surface area (Å²) in [5.41, 5.74) is 8.48. The number of aromatic amines is 1. The van der Waals surface area contributed by atoms with Gasteiger partial charge in [-0.15, -0.1) is 0 Å². The second kappa shape index (κ2) is 12.5. The van der Waals surface area contributed by atoms with Crippen molar-refractivity contribution < 1.29 is 28.2 Å². The molecule has 42 heavy (non-hydrogen) atoms.